The fourth-order valence-electron chi connectivity index (χ4n) is 3.54. The van der Waals surface area contributed by atoms with E-state index in [0.29, 0.717) is 19.0 Å². The molecule has 0 bridgehead atoms. The Hall–Kier alpha value is -3.80. The number of alkyl halides is 3. The number of anilines is 1. The second-order valence-corrected chi connectivity index (χ2v) is 7.56. The lowest BCUT2D eigenvalue weighted by Crippen LogP contribution is -2.44. The number of aromatic nitrogens is 4. The molecule has 0 saturated carbocycles. The van der Waals surface area contributed by atoms with Crippen molar-refractivity contribution < 1.29 is 27.5 Å². The highest BCUT2D eigenvalue weighted by molar-refractivity contribution is 5.82. The molecule has 0 atom stereocenters. The number of amides is 1. The number of fused-ring (bicyclic) bond motifs is 1. The molecule has 1 aliphatic heterocycles. The van der Waals surface area contributed by atoms with Crippen molar-refractivity contribution in [2.24, 2.45) is 7.05 Å². The molecule has 35 heavy (non-hydrogen) atoms. The molecule has 2 aromatic rings. The highest BCUT2D eigenvalue weighted by atomic mass is 19.4. The summed E-state index contributed by atoms with van der Waals surface area (Å²) >= 11 is 0. The number of aryl methyl sites for hydroxylation is 1. The third-order valence-electron chi connectivity index (χ3n) is 5.25. The monoisotopic (exact) mass is 499 g/mol. The van der Waals surface area contributed by atoms with Gasteiger partial charge in [0.2, 0.25) is 5.95 Å². The van der Waals surface area contributed by atoms with Gasteiger partial charge in [0, 0.05) is 46.3 Å². The number of carbonyl (C=O) groups is 2. The van der Waals surface area contributed by atoms with E-state index >= 15 is 0 Å². The summed E-state index contributed by atoms with van der Waals surface area (Å²) in [6, 6.07) is 0. The molecule has 1 saturated heterocycles. The number of imidazole rings is 1. The van der Waals surface area contributed by atoms with Gasteiger partial charge >= 0.3 is 17.8 Å². The smallest absolute Gasteiger partial charge is 0.449 e. The molecule has 3 rings (SSSR count). The van der Waals surface area contributed by atoms with Crippen LogP contribution in [-0.4, -0.2) is 76.1 Å². The minimum Gasteiger partial charge on any atom is -0.449 e. The average molecular weight is 499 g/mol. The largest absolute Gasteiger partial charge is 0.490 e. The van der Waals surface area contributed by atoms with E-state index < -0.39 is 35.9 Å². The highest BCUT2D eigenvalue weighted by Gasteiger charge is 2.41. The lowest BCUT2D eigenvalue weighted by atomic mass is 10.4. The van der Waals surface area contributed by atoms with Crippen molar-refractivity contribution in [3.05, 3.63) is 20.8 Å². The van der Waals surface area contributed by atoms with Crippen LogP contribution < -0.4 is 26.8 Å². The van der Waals surface area contributed by atoms with Gasteiger partial charge in [-0.05, 0) is 6.92 Å². The number of rotatable bonds is 7. The Morgan fingerprint density at radius 3 is 2.51 bits per heavy atom. The molecule has 1 aliphatic rings. The molecule has 1 amide bonds. The third-order valence-corrected chi connectivity index (χ3v) is 5.25. The molecule has 0 aromatic carbocycles. The van der Waals surface area contributed by atoms with E-state index in [1.807, 2.05) is 4.90 Å². The molecule has 0 spiro atoms. The summed E-state index contributed by atoms with van der Waals surface area (Å²) in [4.78, 5) is 55.1. The first-order valence-corrected chi connectivity index (χ1v) is 10.6. The Bertz CT molecular complexity index is 1290. The van der Waals surface area contributed by atoms with Crippen LogP contribution in [0.1, 0.15) is 6.92 Å². The van der Waals surface area contributed by atoms with E-state index in [-0.39, 0.29) is 30.8 Å². The lowest BCUT2D eigenvalue weighted by Gasteiger charge is -2.28. The Morgan fingerprint density at radius 2 is 1.89 bits per heavy atom. The topological polar surface area (TPSA) is 132 Å². The highest BCUT2D eigenvalue weighted by Crippen LogP contribution is 2.20. The summed E-state index contributed by atoms with van der Waals surface area (Å²) in [6.07, 6.45) is -5.22. The van der Waals surface area contributed by atoms with Crippen LogP contribution in [-0.2, 0) is 34.5 Å². The number of esters is 1. The average Bonchev–Trinajstić information content (AvgIpc) is 3.21. The molecule has 0 aliphatic carbocycles. The SMILES string of the molecule is CC#CCn1c(N2CCNCC2)nc2c1c(=O)n(CCNC(=O)COC(=O)C(F)(F)F)c(=O)n2C. The van der Waals surface area contributed by atoms with E-state index in [1.165, 1.54) is 11.6 Å². The van der Waals surface area contributed by atoms with Crippen LogP contribution in [0.25, 0.3) is 11.2 Å². The molecule has 0 unspecified atom stereocenters. The number of piperazine rings is 1. The van der Waals surface area contributed by atoms with Gasteiger partial charge < -0.3 is 20.3 Å². The summed E-state index contributed by atoms with van der Waals surface area (Å²) in [5.74, 6) is 2.69. The second kappa shape index (κ2) is 10.6. The summed E-state index contributed by atoms with van der Waals surface area (Å²) in [7, 11) is 1.46. The molecular formula is C20H24F3N7O5. The minimum absolute atomic E-state index is 0.161. The standard InChI is InChI=1S/C20H24F3N7O5/c1-3-4-8-29-14-15(26-18(29)28-9-5-24-6-10-28)27(2)19(34)30(16(14)32)11-7-25-13(31)12-35-17(33)20(21,22)23/h24H,5-12H2,1-2H3,(H,25,31). The predicted octanol–water partition coefficient (Wildman–Crippen LogP) is -1.45. The molecule has 12 nitrogen and oxygen atoms in total. The molecule has 190 valence electrons. The Morgan fingerprint density at radius 1 is 1.20 bits per heavy atom. The fraction of sp³-hybridized carbons (Fsp3) is 0.550. The van der Waals surface area contributed by atoms with E-state index in [2.05, 4.69) is 32.2 Å². The molecule has 0 radical (unpaired) electrons. The molecular weight excluding hydrogens is 475 g/mol. The number of nitrogens with one attached hydrogen (secondary N) is 2. The first kappa shape index (κ1) is 25.8. The van der Waals surface area contributed by atoms with Gasteiger partial charge in [0.15, 0.2) is 17.8 Å². The van der Waals surface area contributed by atoms with Gasteiger partial charge in [-0.2, -0.15) is 18.2 Å². The number of ether oxygens (including phenoxy) is 1. The maximum absolute atomic E-state index is 13.3. The predicted molar refractivity (Wildman–Crippen MR) is 118 cm³/mol. The summed E-state index contributed by atoms with van der Waals surface area (Å²) in [6.45, 7) is 2.89. The van der Waals surface area contributed by atoms with Gasteiger partial charge in [0.05, 0.1) is 6.54 Å². The number of hydrogen-bond donors (Lipinski definition) is 2. The summed E-state index contributed by atoms with van der Waals surface area (Å²) < 4.78 is 44.1. The van der Waals surface area contributed by atoms with Gasteiger partial charge in [-0.3, -0.25) is 23.3 Å². The number of hydrogen-bond acceptors (Lipinski definition) is 8. The lowest BCUT2D eigenvalue weighted by molar-refractivity contribution is -0.200. The third kappa shape index (κ3) is 5.65. The molecule has 2 aromatic heterocycles. The maximum atomic E-state index is 13.3. The van der Waals surface area contributed by atoms with Crippen LogP contribution in [0.4, 0.5) is 19.1 Å². The van der Waals surface area contributed by atoms with E-state index in [1.54, 1.807) is 11.5 Å². The van der Waals surface area contributed by atoms with Gasteiger partial charge in [-0.1, -0.05) is 5.92 Å². The second-order valence-electron chi connectivity index (χ2n) is 7.56. The van der Waals surface area contributed by atoms with Gasteiger partial charge in [-0.15, -0.1) is 5.92 Å². The summed E-state index contributed by atoms with van der Waals surface area (Å²) in [5.41, 5.74) is -0.981. The normalized spacial score (nSPS) is 13.9. The quantitative estimate of drug-likeness (QED) is 0.350. The van der Waals surface area contributed by atoms with Crippen molar-refractivity contribution in [2.45, 2.75) is 26.2 Å². The molecule has 1 fully saturated rings. The fourth-order valence-corrected chi connectivity index (χ4v) is 3.54. The maximum Gasteiger partial charge on any atom is 0.490 e. The Balaban J connectivity index is 1.86. The van der Waals surface area contributed by atoms with Crippen molar-refractivity contribution in [3.8, 4) is 11.8 Å². The van der Waals surface area contributed by atoms with Crippen LogP contribution in [0.5, 0.6) is 0 Å². The van der Waals surface area contributed by atoms with Crippen molar-refractivity contribution in [1.82, 2.24) is 29.3 Å². The van der Waals surface area contributed by atoms with E-state index in [0.717, 1.165) is 17.7 Å². The molecule has 3 heterocycles. The zero-order valence-electron chi connectivity index (χ0n) is 19.1. The first-order chi connectivity index (χ1) is 16.6. The molecule has 2 N–H and O–H groups in total. The Labute approximate surface area is 196 Å². The van der Waals surface area contributed by atoms with Crippen molar-refractivity contribution >= 4 is 29.0 Å². The van der Waals surface area contributed by atoms with Crippen LogP contribution in [0.3, 0.4) is 0 Å². The number of halogens is 3. The van der Waals surface area contributed by atoms with E-state index in [9.17, 15) is 32.3 Å². The van der Waals surface area contributed by atoms with E-state index in [4.69, 9.17) is 0 Å². The first-order valence-electron chi connectivity index (χ1n) is 10.6. The van der Waals surface area contributed by atoms with Gasteiger partial charge in [0.1, 0.15) is 0 Å². The zero-order chi connectivity index (χ0) is 25.8. The number of nitrogens with zero attached hydrogens (tertiary/aromatic N) is 5. The van der Waals surface area contributed by atoms with Crippen LogP contribution >= 0.6 is 0 Å². The van der Waals surface area contributed by atoms with Crippen molar-refractivity contribution in [1.29, 1.82) is 0 Å². The van der Waals surface area contributed by atoms with Crippen LogP contribution in [0.2, 0.25) is 0 Å². The van der Waals surface area contributed by atoms with Gasteiger partial charge in [0.25, 0.3) is 11.5 Å². The summed E-state index contributed by atoms with van der Waals surface area (Å²) in [5, 5.41) is 5.45. The van der Waals surface area contributed by atoms with Gasteiger partial charge in [-0.25, -0.2) is 9.59 Å². The van der Waals surface area contributed by atoms with Crippen molar-refractivity contribution in [3.63, 3.8) is 0 Å². The zero-order valence-corrected chi connectivity index (χ0v) is 19.1. The van der Waals surface area contributed by atoms with Crippen LogP contribution in [0, 0.1) is 11.8 Å². The minimum atomic E-state index is -5.22. The van der Waals surface area contributed by atoms with Crippen molar-refractivity contribution in [2.75, 3.05) is 44.2 Å². The van der Waals surface area contributed by atoms with Crippen LogP contribution in [0.15, 0.2) is 9.59 Å². The Kier molecular flexibility index (Phi) is 7.85. The number of carbonyl (C=O) groups excluding carboxylic acids is 2. The molecule has 15 heteroatoms.